The molecule has 0 bridgehead atoms. The summed E-state index contributed by atoms with van der Waals surface area (Å²) in [6, 6.07) is 5.16. The van der Waals surface area contributed by atoms with E-state index in [0.717, 1.165) is 24.4 Å². The van der Waals surface area contributed by atoms with Crippen LogP contribution in [0.25, 0.3) is 0 Å². The maximum Gasteiger partial charge on any atom is 0.261 e. The monoisotopic (exact) mass is 302 g/mol. The minimum absolute atomic E-state index is 0.198. The van der Waals surface area contributed by atoms with Gasteiger partial charge in [-0.15, -0.1) is 0 Å². The lowest BCUT2D eigenvalue weighted by Gasteiger charge is -2.07. The van der Waals surface area contributed by atoms with Gasteiger partial charge in [0.05, 0.1) is 0 Å². The molecule has 1 N–H and O–H groups in total. The van der Waals surface area contributed by atoms with Crippen LogP contribution in [-0.4, -0.2) is 13.4 Å². The number of hydrogen-bond donors (Lipinski definition) is 1. The van der Waals surface area contributed by atoms with Crippen LogP contribution in [0.1, 0.15) is 5.56 Å². The Hall–Kier alpha value is -1.93. The van der Waals surface area contributed by atoms with Crippen molar-refractivity contribution in [3.8, 4) is 0 Å². The van der Waals surface area contributed by atoms with Crippen LogP contribution >= 0.6 is 0 Å². The molecule has 0 spiro atoms. The number of sulfonamides is 1. The lowest BCUT2D eigenvalue weighted by molar-refractivity contribution is 0.506. The third-order valence-corrected chi connectivity index (χ3v) is 3.76. The van der Waals surface area contributed by atoms with E-state index in [0.29, 0.717) is 0 Å². The summed E-state index contributed by atoms with van der Waals surface area (Å²) in [5.41, 5.74) is 0.198. The molecule has 0 aliphatic carbocycles. The van der Waals surface area contributed by atoms with Gasteiger partial charge in [-0.05, 0) is 29.8 Å². The number of hydrogen-bond acceptors (Lipinski definition) is 3. The van der Waals surface area contributed by atoms with Gasteiger partial charge in [0.1, 0.15) is 0 Å². The fraction of sp³-hybridized carbons (Fsp3) is 0.0833. The van der Waals surface area contributed by atoms with Crippen molar-refractivity contribution in [3.63, 3.8) is 0 Å². The minimum atomic E-state index is -4.16. The van der Waals surface area contributed by atoms with Crippen LogP contribution in [0.5, 0.6) is 0 Å². The molecule has 0 radical (unpaired) electrons. The number of nitrogens with zero attached hydrogens (tertiary/aromatic N) is 1. The first-order valence-electron chi connectivity index (χ1n) is 5.44. The molecule has 0 fully saturated rings. The third-order valence-electron chi connectivity index (χ3n) is 2.43. The Kier molecular flexibility index (Phi) is 4.05. The van der Waals surface area contributed by atoms with Gasteiger partial charge in [0.2, 0.25) is 5.03 Å². The Morgan fingerprint density at radius 2 is 1.80 bits per heavy atom. The summed E-state index contributed by atoms with van der Waals surface area (Å²) < 4.78 is 64.7. The first-order chi connectivity index (χ1) is 9.40. The van der Waals surface area contributed by atoms with Crippen LogP contribution in [0.2, 0.25) is 0 Å². The largest absolute Gasteiger partial charge is 0.261 e. The number of halogens is 3. The number of nitrogens with one attached hydrogen (secondary N) is 1. The lowest BCUT2D eigenvalue weighted by Crippen LogP contribution is -2.25. The van der Waals surface area contributed by atoms with E-state index in [1.807, 2.05) is 0 Å². The average molecular weight is 302 g/mol. The zero-order valence-electron chi connectivity index (χ0n) is 9.98. The van der Waals surface area contributed by atoms with Gasteiger partial charge in [-0.1, -0.05) is 6.07 Å². The van der Waals surface area contributed by atoms with E-state index in [1.165, 1.54) is 12.1 Å². The van der Waals surface area contributed by atoms with E-state index >= 15 is 0 Å². The van der Waals surface area contributed by atoms with Crippen LogP contribution in [0.3, 0.4) is 0 Å². The van der Waals surface area contributed by atoms with Gasteiger partial charge in [-0.25, -0.2) is 31.3 Å². The maximum absolute atomic E-state index is 13.3. The van der Waals surface area contributed by atoms with Gasteiger partial charge in [0.25, 0.3) is 10.0 Å². The van der Waals surface area contributed by atoms with Crippen molar-refractivity contribution >= 4 is 10.0 Å². The molecule has 0 atom stereocenters. The quantitative estimate of drug-likeness (QED) is 0.939. The van der Waals surface area contributed by atoms with Crippen LogP contribution in [0.15, 0.2) is 41.6 Å². The highest BCUT2D eigenvalue weighted by Crippen LogP contribution is 2.12. The molecule has 4 nitrogen and oxygen atoms in total. The topological polar surface area (TPSA) is 59.1 Å². The standard InChI is InChI=1S/C12H9F3N2O2S/c13-9-4-3-8(6-11(9)15)7-17-20(18,19)12-10(14)2-1-5-16-12/h1-6,17H,7H2. The Morgan fingerprint density at radius 3 is 2.45 bits per heavy atom. The number of rotatable bonds is 4. The number of pyridine rings is 1. The lowest BCUT2D eigenvalue weighted by atomic mass is 10.2. The Balaban J connectivity index is 2.17. The fourth-order valence-corrected chi connectivity index (χ4v) is 2.48. The molecule has 0 saturated carbocycles. The second kappa shape index (κ2) is 5.59. The van der Waals surface area contributed by atoms with Crippen molar-refractivity contribution in [2.45, 2.75) is 11.6 Å². The second-order valence-electron chi connectivity index (χ2n) is 3.86. The average Bonchev–Trinajstić information content (AvgIpc) is 2.40. The maximum atomic E-state index is 13.3. The Morgan fingerprint density at radius 1 is 1.05 bits per heavy atom. The van der Waals surface area contributed by atoms with Crippen molar-refractivity contribution in [1.29, 1.82) is 0 Å². The van der Waals surface area contributed by atoms with Crippen molar-refractivity contribution in [2.24, 2.45) is 0 Å². The molecular formula is C12H9F3N2O2S. The molecule has 8 heteroatoms. The predicted molar refractivity (Wildman–Crippen MR) is 64.6 cm³/mol. The molecule has 2 rings (SSSR count). The highest BCUT2D eigenvalue weighted by molar-refractivity contribution is 7.89. The van der Waals surface area contributed by atoms with E-state index < -0.39 is 32.5 Å². The van der Waals surface area contributed by atoms with E-state index in [-0.39, 0.29) is 12.1 Å². The molecule has 0 amide bonds. The molecule has 106 valence electrons. The van der Waals surface area contributed by atoms with Crippen molar-refractivity contribution in [3.05, 3.63) is 59.5 Å². The molecule has 0 aliphatic rings. The van der Waals surface area contributed by atoms with Gasteiger partial charge in [-0.3, -0.25) is 0 Å². The van der Waals surface area contributed by atoms with Crippen molar-refractivity contribution in [2.75, 3.05) is 0 Å². The molecule has 0 aliphatic heterocycles. The SMILES string of the molecule is O=S(=O)(NCc1ccc(F)c(F)c1)c1ncccc1F. The second-order valence-corrected chi connectivity index (χ2v) is 5.55. The minimum Gasteiger partial charge on any atom is -0.241 e. The van der Waals surface area contributed by atoms with E-state index in [1.54, 1.807) is 0 Å². The van der Waals surface area contributed by atoms with Crippen LogP contribution < -0.4 is 4.72 Å². The molecule has 2 aromatic rings. The zero-order chi connectivity index (χ0) is 14.8. The molecule has 1 aromatic heterocycles. The van der Waals surface area contributed by atoms with Gasteiger partial charge in [0.15, 0.2) is 17.5 Å². The third kappa shape index (κ3) is 3.14. The summed E-state index contributed by atoms with van der Waals surface area (Å²) in [5, 5.41) is -0.748. The zero-order valence-corrected chi connectivity index (χ0v) is 10.8. The summed E-state index contributed by atoms with van der Waals surface area (Å²) >= 11 is 0. The van der Waals surface area contributed by atoms with Crippen LogP contribution in [0.4, 0.5) is 13.2 Å². The van der Waals surface area contributed by atoms with Crippen molar-refractivity contribution in [1.82, 2.24) is 9.71 Å². The van der Waals surface area contributed by atoms with Crippen LogP contribution in [0, 0.1) is 17.5 Å². The van der Waals surface area contributed by atoms with E-state index in [2.05, 4.69) is 9.71 Å². The van der Waals surface area contributed by atoms with Gasteiger partial charge in [0, 0.05) is 12.7 Å². The fourth-order valence-electron chi connectivity index (χ4n) is 1.47. The van der Waals surface area contributed by atoms with Gasteiger partial charge < -0.3 is 0 Å². The summed E-state index contributed by atoms with van der Waals surface area (Å²) in [4.78, 5) is 3.43. The smallest absolute Gasteiger partial charge is 0.241 e. The highest BCUT2D eigenvalue weighted by Gasteiger charge is 2.20. The molecule has 0 unspecified atom stereocenters. The summed E-state index contributed by atoms with van der Waals surface area (Å²) in [6.45, 7) is -0.310. The van der Waals surface area contributed by atoms with E-state index in [9.17, 15) is 21.6 Å². The molecule has 1 heterocycles. The van der Waals surface area contributed by atoms with Crippen LogP contribution in [-0.2, 0) is 16.6 Å². The first kappa shape index (κ1) is 14.5. The predicted octanol–water partition coefficient (Wildman–Crippen LogP) is 1.98. The molecule has 20 heavy (non-hydrogen) atoms. The Labute approximate surface area is 113 Å². The normalized spacial score (nSPS) is 11.6. The number of benzene rings is 1. The molecule has 0 saturated heterocycles. The molecular weight excluding hydrogens is 293 g/mol. The molecule has 1 aromatic carbocycles. The number of aromatic nitrogens is 1. The summed E-state index contributed by atoms with van der Waals surface area (Å²) in [7, 11) is -4.16. The van der Waals surface area contributed by atoms with E-state index in [4.69, 9.17) is 0 Å². The van der Waals surface area contributed by atoms with Gasteiger partial charge in [-0.2, -0.15) is 0 Å². The van der Waals surface area contributed by atoms with Gasteiger partial charge >= 0.3 is 0 Å². The van der Waals surface area contributed by atoms with Crippen molar-refractivity contribution < 1.29 is 21.6 Å². The highest BCUT2D eigenvalue weighted by atomic mass is 32.2. The first-order valence-corrected chi connectivity index (χ1v) is 6.92. The Bertz CT molecular complexity index is 735. The summed E-state index contributed by atoms with van der Waals surface area (Å²) in [5.74, 6) is -3.12. The summed E-state index contributed by atoms with van der Waals surface area (Å²) in [6.07, 6.45) is 1.13.